The van der Waals surface area contributed by atoms with Crippen molar-refractivity contribution in [2.75, 3.05) is 0 Å². The number of hydrogen-bond acceptors (Lipinski definition) is 6. The van der Waals surface area contributed by atoms with Gasteiger partial charge in [0, 0.05) is 84.1 Å². The third-order valence-corrected chi connectivity index (χ3v) is 15.9. The van der Waals surface area contributed by atoms with Gasteiger partial charge in [-0.25, -0.2) is 15.0 Å². The van der Waals surface area contributed by atoms with E-state index in [-0.39, 0.29) is 0 Å². The largest absolute Gasteiger partial charge is 0.456 e. The van der Waals surface area contributed by atoms with Gasteiger partial charge in [0.25, 0.3) is 0 Å². The second-order valence-corrected chi connectivity index (χ2v) is 19.7. The third kappa shape index (κ3) is 5.70. The molecule has 0 atom stereocenters. The van der Waals surface area contributed by atoms with Gasteiger partial charge in [0.2, 0.25) is 0 Å². The molecule has 0 amide bonds. The molecule has 316 valence electrons. The van der Waals surface area contributed by atoms with E-state index in [0.717, 1.165) is 66.5 Å². The Bertz CT molecular complexity index is 4460. The van der Waals surface area contributed by atoms with E-state index < -0.39 is 0 Å². The fraction of sp³-hybridized carbons (Fsp3) is 0. The van der Waals surface area contributed by atoms with E-state index in [1.54, 1.807) is 22.7 Å². The van der Waals surface area contributed by atoms with Gasteiger partial charge < -0.3 is 8.98 Å². The number of rotatable bonds is 5. The van der Waals surface area contributed by atoms with Crippen molar-refractivity contribution in [3.05, 3.63) is 206 Å². The summed E-state index contributed by atoms with van der Waals surface area (Å²) in [5.74, 6) is 1.86. The summed E-state index contributed by atoms with van der Waals surface area (Å²) >= 11 is 3.60. The summed E-state index contributed by atoms with van der Waals surface area (Å²) in [5, 5.41) is 11.9. The van der Waals surface area contributed by atoms with Gasteiger partial charge in [-0.3, -0.25) is 0 Å². The van der Waals surface area contributed by atoms with Crippen molar-refractivity contribution in [3.8, 4) is 51.0 Å². The highest BCUT2D eigenvalue weighted by atomic mass is 32.1. The maximum absolute atomic E-state index is 6.54. The van der Waals surface area contributed by atoms with Crippen molar-refractivity contribution in [3.63, 3.8) is 0 Å². The molecule has 15 rings (SSSR count). The van der Waals surface area contributed by atoms with Crippen LogP contribution in [0.5, 0.6) is 0 Å². The molecule has 0 saturated heterocycles. The molecule has 0 aliphatic rings. The second-order valence-electron chi connectivity index (χ2n) is 17.5. The van der Waals surface area contributed by atoms with Crippen LogP contribution in [0.2, 0.25) is 0 Å². The monoisotopic (exact) mass is 902 g/mol. The molecule has 5 aromatic heterocycles. The molecule has 0 N–H and O–H groups in total. The molecule has 5 heterocycles. The summed E-state index contributed by atoms with van der Waals surface area (Å²) in [6.45, 7) is 0. The number of benzene rings is 10. The van der Waals surface area contributed by atoms with Crippen molar-refractivity contribution in [2.45, 2.75) is 0 Å². The van der Waals surface area contributed by atoms with Crippen molar-refractivity contribution in [1.82, 2.24) is 19.5 Å². The number of para-hydroxylation sites is 2. The van der Waals surface area contributed by atoms with E-state index >= 15 is 0 Å². The lowest BCUT2D eigenvalue weighted by Gasteiger charge is -2.17. The Hall–Kier alpha value is -8.49. The minimum Gasteiger partial charge on any atom is -0.456 e. The van der Waals surface area contributed by atoms with Gasteiger partial charge in [0.1, 0.15) is 11.2 Å². The van der Waals surface area contributed by atoms with Gasteiger partial charge in [-0.05, 0) is 89.1 Å². The second kappa shape index (κ2) is 14.5. The summed E-state index contributed by atoms with van der Waals surface area (Å²) in [5.41, 5.74) is 9.90. The first-order valence-corrected chi connectivity index (χ1v) is 24.4. The van der Waals surface area contributed by atoms with Crippen molar-refractivity contribution >= 4 is 118 Å². The van der Waals surface area contributed by atoms with Crippen LogP contribution in [-0.4, -0.2) is 19.5 Å². The SMILES string of the molecule is c1ccc2cc3c(cc2c1)c1ccccc1n3-c1ccc(-c2nc(-c3ccc4c(c3)sc3ccccc34)nc(-c3ccc4c(c3)sc3ccccc34)n2)cc1-c1cccc2oc3ccccc3c12. The number of furan rings is 1. The zero-order valence-corrected chi connectivity index (χ0v) is 37.8. The van der Waals surface area contributed by atoms with Gasteiger partial charge in [-0.1, -0.05) is 133 Å². The third-order valence-electron chi connectivity index (χ3n) is 13.6. The van der Waals surface area contributed by atoms with Gasteiger partial charge in [-0.2, -0.15) is 0 Å². The molecule has 0 radical (unpaired) electrons. The lowest BCUT2D eigenvalue weighted by atomic mass is 9.95. The number of fused-ring (bicyclic) bond motifs is 13. The summed E-state index contributed by atoms with van der Waals surface area (Å²) in [4.78, 5) is 16.1. The number of hydrogen-bond donors (Lipinski definition) is 0. The molecule has 5 nitrogen and oxygen atoms in total. The Balaban J connectivity index is 1.00. The average molecular weight is 903 g/mol. The van der Waals surface area contributed by atoms with Crippen LogP contribution in [0.25, 0.3) is 146 Å². The predicted molar refractivity (Wildman–Crippen MR) is 286 cm³/mol. The van der Waals surface area contributed by atoms with Crippen LogP contribution >= 0.6 is 22.7 Å². The summed E-state index contributed by atoms with van der Waals surface area (Å²) in [7, 11) is 0. The Morgan fingerprint density at radius 3 is 1.56 bits per heavy atom. The van der Waals surface area contributed by atoms with Crippen LogP contribution in [0.4, 0.5) is 0 Å². The van der Waals surface area contributed by atoms with E-state index in [2.05, 4.69) is 205 Å². The number of nitrogens with zero attached hydrogens (tertiary/aromatic N) is 4. The molecule has 0 aliphatic carbocycles. The highest BCUT2D eigenvalue weighted by molar-refractivity contribution is 7.26. The Kier molecular flexibility index (Phi) is 8.04. The molecule has 0 unspecified atom stereocenters. The molecule has 0 spiro atoms. The predicted octanol–water partition coefficient (Wildman–Crippen LogP) is 17.4. The minimum atomic E-state index is 0.600. The van der Waals surface area contributed by atoms with Crippen LogP contribution in [0, 0.1) is 0 Å². The molecule has 0 bridgehead atoms. The van der Waals surface area contributed by atoms with Gasteiger partial charge in [0.15, 0.2) is 17.5 Å². The molecule has 10 aromatic carbocycles. The van der Waals surface area contributed by atoms with E-state index in [1.807, 2.05) is 6.07 Å². The van der Waals surface area contributed by atoms with Crippen LogP contribution in [0.1, 0.15) is 0 Å². The van der Waals surface area contributed by atoms with Crippen LogP contribution in [0.15, 0.2) is 211 Å². The number of aromatic nitrogens is 4. The smallest absolute Gasteiger partial charge is 0.164 e. The molecule has 0 saturated carbocycles. The van der Waals surface area contributed by atoms with Crippen molar-refractivity contribution in [1.29, 1.82) is 0 Å². The summed E-state index contributed by atoms with van der Waals surface area (Å²) in [6, 6.07) is 73.9. The lowest BCUT2D eigenvalue weighted by molar-refractivity contribution is 0.669. The van der Waals surface area contributed by atoms with E-state index in [4.69, 9.17) is 19.4 Å². The maximum atomic E-state index is 6.54. The topological polar surface area (TPSA) is 56.7 Å². The van der Waals surface area contributed by atoms with Crippen molar-refractivity contribution in [2.24, 2.45) is 0 Å². The molecule has 68 heavy (non-hydrogen) atoms. The van der Waals surface area contributed by atoms with Crippen LogP contribution in [0.3, 0.4) is 0 Å². The minimum absolute atomic E-state index is 0.600. The highest BCUT2D eigenvalue weighted by Crippen LogP contribution is 2.44. The fourth-order valence-electron chi connectivity index (χ4n) is 10.5. The average Bonchev–Trinajstić information content (AvgIpc) is 4.16. The summed E-state index contributed by atoms with van der Waals surface area (Å²) < 4.78 is 13.9. The number of thiophene rings is 2. The normalized spacial score (nSPS) is 12.1. The van der Waals surface area contributed by atoms with Crippen LogP contribution in [-0.2, 0) is 0 Å². The first-order chi connectivity index (χ1) is 33.7. The molecule has 15 aromatic rings. The van der Waals surface area contributed by atoms with Gasteiger partial charge >= 0.3 is 0 Å². The molecule has 7 heteroatoms. The molecule has 0 fully saturated rings. The van der Waals surface area contributed by atoms with Crippen molar-refractivity contribution < 1.29 is 4.42 Å². The van der Waals surface area contributed by atoms with Gasteiger partial charge in [-0.15, -0.1) is 22.7 Å². The standard InChI is InChI=1S/C61H34N4OS2/c1-2-13-36-32-51-47(30-35(36)12-1)40-14-3-7-19-49(40)65(51)50-29-26-37(31-48(50)45-18-11-21-53-58(45)46-17-4-8-20-52(46)66-53)59-62-60(38-24-27-43-41-15-5-9-22-54(41)67-56(43)33-38)64-61(63-59)39-25-28-44-42-16-6-10-23-55(42)68-57(44)34-39/h1-34H. The van der Waals surface area contributed by atoms with E-state index in [9.17, 15) is 0 Å². The highest BCUT2D eigenvalue weighted by Gasteiger charge is 2.22. The zero-order chi connectivity index (χ0) is 44.5. The van der Waals surface area contributed by atoms with Gasteiger partial charge in [0.05, 0.1) is 16.7 Å². The zero-order valence-electron chi connectivity index (χ0n) is 36.1. The van der Waals surface area contributed by atoms with E-state index in [0.29, 0.717) is 17.5 Å². The van der Waals surface area contributed by atoms with Crippen LogP contribution < -0.4 is 0 Å². The quantitative estimate of drug-likeness (QED) is 0.173. The Morgan fingerprint density at radius 1 is 0.338 bits per heavy atom. The fourth-order valence-corrected chi connectivity index (χ4v) is 12.8. The Morgan fingerprint density at radius 2 is 0.868 bits per heavy atom. The molecular weight excluding hydrogens is 869 g/mol. The first kappa shape index (κ1) is 37.7. The molecular formula is C61H34N4OS2. The molecule has 0 aliphatic heterocycles. The van der Waals surface area contributed by atoms with E-state index in [1.165, 1.54) is 61.9 Å². The Labute approximate surface area is 396 Å². The lowest BCUT2D eigenvalue weighted by Crippen LogP contribution is -2.02. The maximum Gasteiger partial charge on any atom is 0.164 e. The summed E-state index contributed by atoms with van der Waals surface area (Å²) in [6.07, 6.45) is 0. The first-order valence-electron chi connectivity index (χ1n) is 22.7.